The van der Waals surface area contributed by atoms with E-state index in [1.54, 1.807) is 6.92 Å². The van der Waals surface area contributed by atoms with Crippen molar-refractivity contribution in [1.29, 1.82) is 0 Å². The first kappa shape index (κ1) is 18.8. The Bertz CT molecular complexity index is 808. The summed E-state index contributed by atoms with van der Waals surface area (Å²) in [7, 11) is 0. The fourth-order valence-electron chi connectivity index (χ4n) is 3.51. The summed E-state index contributed by atoms with van der Waals surface area (Å²) in [6.07, 6.45) is 2.95. The van der Waals surface area contributed by atoms with Crippen molar-refractivity contribution in [3.05, 3.63) is 63.2 Å². The first-order chi connectivity index (χ1) is 12.3. The maximum atomic E-state index is 12.5. The van der Waals surface area contributed by atoms with Crippen LogP contribution in [0, 0.1) is 13.8 Å². The van der Waals surface area contributed by atoms with E-state index in [1.807, 2.05) is 32.9 Å². The van der Waals surface area contributed by atoms with Crippen molar-refractivity contribution in [3.63, 3.8) is 0 Å². The van der Waals surface area contributed by atoms with Gasteiger partial charge >= 0.3 is 0 Å². The lowest BCUT2D eigenvalue weighted by Gasteiger charge is -2.20. The lowest BCUT2D eigenvalue weighted by Crippen LogP contribution is -2.37. The summed E-state index contributed by atoms with van der Waals surface area (Å²) < 4.78 is 5.83. The summed E-state index contributed by atoms with van der Waals surface area (Å²) in [5.74, 6) is 0.542. The summed E-state index contributed by atoms with van der Waals surface area (Å²) in [5.41, 5.74) is 5.89. The van der Waals surface area contributed by atoms with Crippen molar-refractivity contribution < 1.29 is 9.53 Å². The number of amides is 1. The molecule has 0 aromatic heterocycles. The zero-order valence-electron chi connectivity index (χ0n) is 15.9. The van der Waals surface area contributed by atoms with E-state index in [0.717, 1.165) is 28.1 Å². The summed E-state index contributed by atoms with van der Waals surface area (Å²) in [5, 5.41) is 3.79. The van der Waals surface area contributed by atoms with Gasteiger partial charge < -0.3 is 10.1 Å². The second-order valence-corrected chi connectivity index (χ2v) is 7.62. The predicted molar refractivity (Wildman–Crippen MR) is 106 cm³/mol. The van der Waals surface area contributed by atoms with Crippen molar-refractivity contribution in [2.45, 2.75) is 59.1 Å². The van der Waals surface area contributed by atoms with Gasteiger partial charge in [0, 0.05) is 5.02 Å². The Morgan fingerprint density at radius 2 is 1.73 bits per heavy atom. The molecule has 0 spiro atoms. The number of ether oxygens (including phenoxy) is 1. The van der Waals surface area contributed by atoms with E-state index in [4.69, 9.17) is 16.3 Å². The number of fused-ring (bicyclic) bond motifs is 1. The molecule has 1 amide bonds. The van der Waals surface area contributed by atoms with E-state index < -0.39 is 6.10 Å². The largest absolute Gasteiger partial charge is 0.481 e. The lowest BCUT2D eigenvalue weighted by atomic mass is 10.0. The van der Waals surface area contributed by atoms with E-state index in [2.05, 4.69) is 23.5 Å². The molecule has 26 heavy (non-hydrogen) atoms. The highest BCUT2D eigenvalue weighted by atomic mass is 35.5. The smallest absolute Gasteiger partial charge is 0.261 e. The molecule has 4 heteroatoms. The summed E-state index contributed by atoms with van der Waals surface area (Å²) in [4.78, 5) is 12.5. The Labute approximate surface area is 160 Å². The molecule has 2 aromatic carbocycles. The molecule has 0 aliphatic heterocycles. The summed E-state index contributed by atoms with van der Waals surface area (Å²) in [6.45, 7) is 7.65. The minimum absolute atomic E-state index is 0.0480. The molecule has 0 bridgehead atoms. The number of nitrogens with one attached hydrogen (secondary N) is 1. The lowest BCUT2D eigenvalue weighted by molar-refractivity contribution is -0.127. The fraction of sp³-hybridized carbons (Fsp3) is 0.409. The van der Waals surface area contributed by atoms with Crippen LogP contribution < -0.4 is 10.1 Å². The van der Waals surface area contributed by atoms with E-state index in [9.17, 15) is 4.79 Å². The summed E-state index contributed by atoms with van der Waals surface area (Å²) in [6, 6.07) is 10.2. The van der Waals surface area contributed by atoms with Gasteiger partial charge in [-0.2, -0.15) is 0 Å². The van der Waals surface area contributed by atoms with E-state index in [-0.39, 0.29) is 11.9 Å². The molecule has 0 saturated carbocycles. The monoisotopic (exact) mass is 371 g/mol. The normalized spacial score (nSPS) is 15.3. The highest BCUT2D eigenvalue weighted by Crippen LogP contribution is 2.27. The number of hydrogen-bond acceptors (Lipinski definition) is 2. The number of rotatable bonds is 5. The van der Waals surface area contributed by atoms with Crippen LogP contribution in [0.5, 0.6) is 5.75 Å². The maximum absolute atomic E-state index is 12.5. The van der Waals surface area contributed by atoms with Gasteiger partial charge in [0.25, 0.3) is 5.91 Å². The SMILES string of the molecule is Cc1cc(O[C@@H](C)C(=O)N[C@H](C)c2ccc3c(c2)CCC3)cc(C)c1Cl. The Balaban J connectivity index is 1.63. The number of halogens is 1. The van der Waals surface area contributed by atoms with Crippen molar-refractivity contribution in [1.82, 2.24) is 5.32 Å². The molecule has 3 nitrogen and oxygen atoms in total. The Morgan fingerprint density at radius 1 is 1.08 bits per heavy atom. The Kier molecular flexibility index (Phi) is 5.57. The van der Waals surface area contributed by atoms with Crippen LogP contribution in [0.2, 0.25) is 5.02 Å². The Hall–Kier alpha value is -2.00. The van der Waals surface area contributed by atoms with Gasteiger partial charge in [-0.3, -0.25) is 4.79 Å². The Morgan fingerprint density at radius 3 is 2.42 bits per heavy atom. The summed E-state index contributed by atoms with van der Waals surface area (Å²) >= 11 is 6.19. The van der Waals surface area contributed by atoms with Crippen LogP contribution in [-0.4, -0.2) is 12.0 Å². The van der Waals surface area contributed by atoms with Crippen molar-refractivity contribution in [3.8, 4) is 5.75 Å². The topological polar surface area (TPSA) is 38.3 Å². The van der Waals surface area contributed by atoms with E-state index >= 15 is 0 Å². The number of hydrogen-bond donors (Lipinski definition) is 1. The average molecular weight is 372 g/mol. The standard InChI is InChI=1S/C22H26ClNO2/c1-13-10-20(11-14(2)21(13)23)26-16(4)22(25)24-15(3)18-9-8-17-6-5-7-19(17)12-18/h8-12,15-16H,5-7H2,1-4H3,(H,24,25)/t15-,16+/m1/s1. The molecule has 0 saturated heterocycles. The number of carbonyl (C=O) groups excluding carboxylic acids is 1. The third-order valence-corrected chi connectivity index (χ3v) is 5.67. The zero-order chi connectivity index (χ0) is 18.8. The molecular weight excluding hydrogens is 346 g/mol. The van der Waals surface area contributed by atoms with Gasteiger partial charge in [-0.05, 0) is 86.9 Å². The number of aryl methyl sites for hydroxylation is 4. The van der Waals surface area contributed by atoms with Crippen molar-refractivity contribution >= 4 is 17.5 Å². The van der Waals surface area contributed by atoms with Gasteiger partial charge in [0.2, 0.25) is 0 Å². The first-order valence-electron chi connectivity index (χ1n) is 9.20. The van der Waals surface area contributed by atoms with Crippen molar-refractivity contribution in [2.75, 3.05) is 0 Å². The fourth-order valence-corrected chi connectivity index (χ4v) is 3.62. The number of carbonyl (C=O) groups is 1. The molecule has 1 aliphatic rings. The van der Waals surface area contributed by atoms with E-state index in [1.165, 1.54) is 24.0 Å². The molecule has 3 rings (SSSR count). The molecule has 2 aromatic rings. The molecule has 1 aliphatic carbocycles. The van der Waals surface area contributed by atoms with Crippen LogP contribution in [-0.2, 0) is 17.6 Å². The highest BCUT2D eigenvalue weighted by molar-refractivity contribution is 6.32. The molecular formula is C22H26ClNO2. The highest BCUT2D eigenvalue weighted by Gasteiger charge is 2.20. The maximum Gasteiger partial charge on any atom is 0.261 e. The van der Waals surface area contributed by atoms with Gasteiger partial charge in [0.1, 0.15) is 5.75 Å². The third kappa shape index (κ3) is 4.04. The van der Waals surface area contributed by atoms with E-state index in [0.29, 0.717) is 5.75 Å². The quantitative estimate of drug-likeness (QED) is 0.794. The van der Waals surface area contributed by atoms with Gasteiger partial charge in [0.05, 0.1) is 6.04 Å². The zero-order valence-corrected chi connectivity index (χ0v) is 16.6. The first-order valence-corrected chi connectivity index (χ1v) is 9.58. The second-order valence-electron chi connectivity index (χ2n) is 7.24. The predicted octanol–water partition coefficient (Wildman–Crippen LogP) is 5.09. The molecule has 1 N–H and O–H groups in total. The van der Waals surface area contributed by atoms with Crippen molar-refractivity contribution in [2.24, 2.45) is 0 Å². The average Bonchev–Trinajstić information content (AvgIpc) is 3.07. The molecule has 0 heterocycles. The molecule has 0 radical (unpaired) electrons. The molecule has 0 unspecified atom stereocenters. The second kappa shape index (κ2) is 7.71. The minimum Gasteiger partial charge on any atom is -0.481 e. The molecule has 138 valence electrons. The number of benzene rings is 2. The van der Waals surface area contributed by atoms with Gasteiger partial charge in [-0.25, -0.2) is 0 Å². The van der Waals surface area contributed by atoms with Gasteiger partial charge in [0.15, 0.2) is 6.10 Å². The van der Waals surface area contributed by atoms with Crippen LogP contribution in [0.25, 0.3) is 0 Å². The molecule has 0 fully saturated rings. The van der Waals surface area contributed by atoms with Crippen LogP contribution in [0.4, 0.5) is 0 Å². The van der Waals surface area contributed by atoms with Gasteiger partial charge in [-0.15, -0.1) is 0 Å². The van der Waals surface area contributed by atoms with Crippen LogP contribution >= 0.6 is 11.6 Å². The third-order valence-electron chi connectivity index (χ3n) is 5.07. The minimum atomic E-state index is -0.577. The van der Waals surface area contributed by atoms with Gasteiger partial charge in [-0.1, -0.05) is 29.8 Å². The molecule has 2 atom stereocenters. The van der Waals surface area contributed by atoms with Crippen LogP contribution in [0.3, 0.4) is 0 Å². The van der Waals surface area contributed by atoms with Crippen LogP contribution in [0.1, 0.15) is 54.1 Å². The van der Waals surface area contributed by atoms with Crippen LogP contribution in [0.15, 0.2) is 30.3 Å².